The summed E-state index contributed by atoms with van der Waals surface area (Å²) in [6.45, 7) is 7.85. The number of aromatic nitrogens is 2. The highest BCUT2D eigenvalue weighted by atomic mass is 32.2. The van der Waals surface area contributed by atoms with Gasteiger partial charge >= 0.3 is 0 Å². The molecule has 2 aromatic rings. The van der Waals surface area contributed by atoms with E-state index in [9.17, 15) is 9.59 Å². The van der Waals surface area contributed by atoms with Crippen LogP contribution >= 0.6 is 11.8 Å². The van der Waals surface area contributed by atoms with E-state index < -0.39 is 0 Å². The minimum atomic E-state index is -0.0229. The highest BCUT2D eigenvalue weighted by Gasteiger charge is 2.23. The van der Waals surface area contributed by atoms with Crippen LogP contribution in [0.3, 0.4) is 0 Å². The fraction of sp³-hybridized carbons (Fsp3) is 0.550. The van der Waals surface area contributed by atoms with Crippen molar-refractivity contribution in [1.82, 2.24) is 19.8 Å². The van der Waals surface area contributed by atoms with E-state index in [2.05, 4.69) is 29.0 Å². The Kier molecular flexibility index (Phi) is 6.90. The molecule has 0 radical (unpaired) electrons. The Bertz CT molecular complexity index is 843. The third-order valence-electron chi connectivity index (χ3n) is 4.85. The molecule has 0 atom stereocenters. The zero-order valence-electron chi connectivity index (χ0n) is 16.1. The number of carbonyl (C=O) groups excluding carboxylic acids is 1. The second-order valence-electron chi connectivity index (χ2n) is 6.88. The first kappa shape index (κ1) is 19.9. The van der Waals surface area contributed by atoms with Gasteiger partial charge < -0.3 is 10.2 Å². The van der Waals surface area contributed by atoms with Crippen LogP contribution in [0, 0.1) is 0 Å². The summed E-state index contributed by atoms with van der Waals surface area (Å²) < 4.78 is 1.74. The molecule has 6 nitrogen and oxygen atoms in total. The fourth-order valence-electron chi connectivity index (χ4n) is 3.07. The first-order valence-electron chi connectivity index (χ1n) is 9.76. The Hall–Kier alpha value is -1.86. The Morgan fingerprint density at radius 1 is 1.30 bits per heavy atom. The standard InChI is InChI=1S/C20H28N4O2S/c1-3-23(4-2)12-7-13-24-19(26)16-8-5-6-9-17(16)22-20(24)27-14-18(25)21-15-10-11-15/h5-6,8-9,15H,3-4,7,10-14H2,1-2H3,(H,21,25). The minimum absolute atomic E-state index is 0.0135. The number of benzene rings is 1. The van der Waals surface area contributed by atoms with Crippen LogP contribution in [-0.4, -0.2) is 51.8 Å². The number of para-hydroxylation sites is 1. The number of rotatable bonds is 10. The van der Waals surface area contributed by atoms with Crippen LogP contribution in [0.25, 0.3) is 10.9 Å². The molecule has 146 valence electrons. The number of nitrogens with one attached hydrogen (secondary N) is 1. The van der Waals surface area contributed by atoms with E-state index >= 15 is 0 Å². The topological polar surface area (TPSA) is 67.2 Å². The van der Waals surface area contributed by atoms with Gasteiger partial charge in [-0.2, -0.15) is 0 Å². The third kappa shape index (κ3) is 5.32. The van der Waals surface area contributed by atoms with Crippen LogP contribution in [0.2, 0.25) is 0 Å². The van der Waals surface area contributed by atoms with E-state index in [4.69, 9.17) is 0 Å². The van der Waals surface area contributed by atoms with Gasteiger partial charge in [-0.1, -0.05) is 37.7 Å². The van der Waals surface area contributed by atoms with Crippen molar-refractivity contribution in [1.29, 1.82) is 0 Å². The minimum Gasteiger partial charge on any atom is -0.353 e. The van der Waals surface area contributed by atoms with Gasteiger partial charge in [-0.25, -0.2) is 4.98 Å². The summed E-state index contributed by atoms with van der Waals surface area (Å²) >= 11 is 1.35. The SMILES string of the molecule is CCN(CC)CCCn1c(SCC(=O)NC2CC2)nc2ccccc2c1=O. The first-order valence-corrected chi connectivity index (χ1v) is 10.7. The molecule has 0 saturated heterocycles. The molecule has 1 saturated carbocycles. The van der Waals surface area contributed by atoms with Gasteiger partial charge in [-0.05, 0) is 51.0 Å². The smallest absolute Gasteiger partial charge is 0.262 e. The van der Waals surface area contributed by atoms with Crippen LogP contribution < -0.4 is 10.9 Å². The summed E-state index contributed by atoms with van der Waals surface area (Å²) in [6.07, 6.45) is 3.02. The largest absolute Gasteiger partial charge is 0.353 e. The van der Waals surface area contributed by atoms with E-state index in [1.807, 2.05) is 24.3 Å². The number of hydrogen-bond donors (Lipinski definition) is 1. The lowest BCUT2D eigenvalue weighted by Crippen LogP contribution is -2.29. The van der Waals surface area contributed by atoms with Gasteiger partial charge in [0.25, 0.3) is 5.56 Å². The van der Waals surface area contributed by atoms with Crippen molar-refractivity contribution in [2.45, 2.75) is 50.9 Å². The molecule has 0 aliphatic heterocycles. The zero-order valence-corrected chi connectivity index (χ0v) is 16.9. The summed E-state index contributed by atoms with van der Waals surface area (Å²) in [5, 5.41) is 4.25. The summed E-state index contributed by atoms with van der Waals surface area (Å²) in [4.78, 5) is 32.1. The van der Waals surface area contributed by atoms with Gasteiger partial charge in [-0.3, -0.25) is 14.2 Å². The van der Waals surface area contributed by atoms with Gasteiger partial charge in [0, 0.05) is 12.6 Å². The maximum Gasteiger partial charge on any atom is 0.262 e. The molecular formula is C20H28N4O2S. The maximum atomic E-state index is 13.0. The van der Waals surface area contributed by atoms with Crippen molar-refractivity contribution in [3.63, 3.8) is 0 Å². The van der Waals surface area contributed by atoms with Crippen LogP contribution in [0.15, 0.2) is 34.2 Å². The molecule has 1 heterocycles. The van der Waals surface area contributed by atoms with Crippen molar-refractivity contribution in [3.05, 3.63) is 34.6 Å². The average molecular weight is 389 g/mol. The average Bonchev–Trinajstić information content (AvgIpc) is 3.49. The quantitative estimate of drug-likeness (QED) is 0.500. The second-order valence-corrected chi connectivity index (χ2v) is 7.82. The molecule has 0 bridgehead atoms. The molecule has 1 aliphatic rings. The molecule has 27 heavy (non-hydrogen) atoms. The number of hydrogen-bond acceptors (Lipinski definition) is 5. The van der Waals surface area contributed by atoms with Crippen molar-refractivity contribution < 1.29 is 4.79 Å². The predicted octanol–water partition coefficient (Wildman–Crippen LogP) is 2.50. The Balaban J connectivity index is 1.78. The molecule has 1 fully saturated rings. The molecule has 1 aromatic carbocycles. The summed E-state index contributed by atoms with van der Waals surface area (Å²) in [7, 11) is 0. The van der Waals surface area contributed by atoms with E-state index in [1.54, 1.807) is 4.57 Å². The van der Waals surface area contributed by atoms with Gasteiger partial charge in [0.05, 0.1) is 16.7 Å². The number of amides is 1. The first-order chi connectivity index (χ1) is 13.1. The summed E-state index contributed by atoms with van der Waals surface area (Å²) in [6, 6.07) is 7.76. The maximum absolute atomic E-state index is 13.0. The van der Waals surface area contributed by atoms with Gasteiger partial charge in [0.2, 0.25) is 5.91 Å². The number of carbonyl (C=O) groups is 1. The van der Waals surface area contributed by atoms with Crippen LogP contribution in [-0.2, 0) is 11.3 Å². The number of thioether (sulfide) groups is 1. The third-order valence-corrected chi connectivity index (χ3v) is 5.83. The molecule has 1 amide bonds. The molecule has 1 aliphatic carbocycles. The van der Waals surface area contributed by atoms with Crippen molar-refractivity contribution in [2.75, 3.05) is 25.4 Å². The summed E-state index contributed by atoms with van der Waals surface area (Å²) in [5.41, 5.74) is 0.665. The summed E-state index contributed by atoms with van der Waals surface area (Å²) in [5.74, 6) is 0.303. The van der Waals surface area contributed by atoms with Crippen LogP contribution in [0.4, 0.5) is 0 Å². The zero-order chi connectivity index (χ0) is 19.2. The molecule has 0 spiro atoms. The predicted molar refractivity (Wildman–Crippen MR) is 110 cm³/mol. The van der Waals surface area contributed by atoms with Crippen molar-refractivity contribution >= 4 is 28.6 Å². The highest BCUT2D eigenvalue weighted by Crippen LogP contribution is 2.21. The lowest BCUT2D eigenvalue weighted by atomic mass is 10.2. The molecular weight excluding hydrogens is 360 g/mol. The van der Waals surface area contributed by atoms with Crippen LogP contribution in [0.5, 0.6) is 0 Å². The van der Waals surface area contributed by atoms with E-state index in [0.717, 1.165) is 38.9 Å². The Morgan fingerprint density at radius 3 is 2.74 bits per heavy atom. The lowest BCUT2D eigenvalue weighted by molar-refractivity contribution is -0.118. The number of fused-ring (bicyclic) bond motifs is 1. The van der Waals surface area contributed by atoms with E-state index in [1.165, 1.54) is 11.8 Å². The van der Waals surface area contributed by atoms with Crippen LogP contribution in [0.1, 0.15) is 33.1 Å². The second kappa shape index (κ2) is 9.37. The van der Waals surface area contributed by atoms with E-state index in [-0.39, 0.29) is 17.2 Å². The monoisotopic (exact) mass is 388 g/mol. The van der Waals surface area contributed by atoms with Crippen molar-refractivity contribution in [3.8, 4) is 0 Å². The Morgan fingerprint density at radius 2 is 2.04 bits per heavy atom. The fourth-order valence-corrected chi connectivity index (χ4v) is 3.91. The highest BCUT2D eigenvalue weighted by molar-refractivity contribution is 7.99. The van der Waals surface area contributed by atoms with E-state index in [0.29, 0.717) is 28.6 Å². The Labute approximate surface area is 164 Å². The molecule has 1 N–H and O–H groups in total. The van der Waals surface area contributed by atoms with Gasteiger partial charge in [0.1, 0.15) is 0 Å². The molecule has 0 unspecified atom stereocenters. The normalized spacial score (nSPS) is 14.0. The van der Waals surface area contributed by atoms with Crippen molar-refractivity contribution in [2.24, 2.45) is 0 Å². The van der Waals surface area contributed by atoms with Gasteiger partial charge in [-0.15, -0.1) is 0 Å². The molecule has 1 aromatic heterocycles. The molecule has 7 heteroatoms. The lowest BCUT2D eigenvalue weighted by Gasteiger charge is -2.19. The number of nitrogens with zero attached hydrogens (tertiary/aromatic N) is 3. The van der Waals surface area contributed by atoms with Gasteiger partial charge in [0.15, 0.2) is 5.16 Å². The molecule has 3 rings (SSSR count).